The third kappa shape index (κ3) is 12.4. The van der Waals surface area contributed by atoms with E-state index >= 15 is 8.78 Å². The average molecular weight is 663 g/mol. The molecule has 3 atom stereocenters. The lowest BCUT2D eigenvalue weighted by molar-refractivity contribution is -0.168. The molecule has 1 aliphatic heterocycles. The molecular formula is C34H48F2N4O7. The van der Waals surface area contributed by atoms with Crippen LogP contribution in [0.5, 0.6) is 5.75 Å². The molecule has 0 radical (unpaired) electrons. The fourth-order valence-electron chi connectivity index (χ4n) is 4.86. The second-order valence-corrected chi connectivity index (χ2v) is 12.9. The van der Waals surface area contributed by atoms with Crippen LogP contribution in [-0.2, 0) is 32.0 Å². The van der Waals surface area contributed by atoms with Crippen LogP contribution in [0.15, 0.2) is 54.6 Å². The maximum atomic E-state index is 15.5. The van der Waals surface area contributed by atoms with Crippen LogP contribution in [0.1, 0.15) is 45.7 Å². The van der Waals surface area contributed by atoms with Crippen molar-refractivity contribution in [2.45, 2.75) is 77.3 Å². The van der Waals surface area contributed by atoms with Gasteiger partial charge in [-0.25, -0.2) is 4.79 Å². The smallest absolute Gasteiger partial charge is 0.408 e. The highest BCUT2D eigenvalue weighted by atomic mass is 19.3. The third-order valence-corrected chi connectivity index (χ3v) is 7.46. The fraction of sp³-hybridized carbons (Fsp3) is 0.559. The van der Waals surface area contributed by atoms with E-state index < -0.39 is 53.5 Å². The van der Waals surface area contributed by atoms with Gasteiger partial charge in [-0.2, -0.15) is 8.78 Å². The Kier molecular flexibility index (Phi) is 13.9. The molecule has 2 aromatic carbocycles. The highest BCUT2D eigenvalue weighted by Crippen LogP contribution is 2.25. The number of hydrogen-bond donors (Lipinski definition) is 4. The van der Waals surface area contributed by atoms with Crippen molar-refractivity contribution >= 4 is 17.9 Å². The second kappa shape index (κ2) is 17.4. The van der Waals surface area contributed by atoms with Gasteiger partial charge in [0.25, 0.3) is 5.91 Å². The van der Waals surface area contributed by atoms with Crippen LogP contribution in [0.25, 0.3) is 0 Å². The molecule has 1 saturated heterocycles. The minimum absolute atomic E-state index is 0.179. The number of rotatable bonds is 15. The number of nitrogens with one attached hydrogen (secondary N) is 3. The van der Waals surface area contributed by atoms with Crippen LogP contribution in [0, 0.1) is 5.92 Å². The van der Waals surface area contributed by atoms with E-state index in [1.807, 2.05) is 0 Å². The van der Waals surface area contributed by atoms with Crippen LogP contribution < -0.4 is 20.7 Å². The summed E-state index contributed by atoms with van der Waals surface area (Å²) in [7, 11) is 0. The molecule has 1 fully saturated rings. The predicted molar refractivity (Wildman–Crippen MR) is 172 cm³/mol. The zero-order valence-electron chi connectivity index (χ0n) is 27.8. The first kappa shape index (κ1) is 37.6. The van der Waals surface area contributed by atoms with Gasteiger partial charge in [-0.3, -0.25) is 14.5 Å². The molecule has 11 nitrogen and oxygen atoms in total. The number of morpholine rings is 1. The summed E-state index contributed by atoms with van der Waals surface area (Å²) >= 11 is 0. The molecule has 260 valence electrons. The summed E-state index contributed by atoms with van der Waals surface area (Å²) in [5.41, 5.74) is 0.252. The van der Waals surface area contributed by atoms with Crippen molar-refractivity contribution < 1.29 is 42.5 Å². The number of halogens is 2. The molecule has 0 spiro atoms. The van der Waals surface area contributed by atoms with Gasteiger partial charge in [0.05, 0.1) is 19.3 Å². The molecule has 3 rings (SSSR count). The molecule has 2 aromatic rings. The van der Waals surface area contributed by atoms with Gasteiger partial charge >= 0.3 is 12.0 Å². The van der Waals surface area contributed by atoms with Gasteiger partial charge in [0, 0.05) is 26.2 Å². The predicted octanol–water partition coefficient (Wildman–Crippen LogP) is 3.29. The lowest BCUT2D eigenvalue weighted by Crippen LogP contribution is -2.61. The molecule has 0 aliphatic carbocycles. The van der Waals surface area contributed by atoms with Crippen molar-refractivity contribution in [2.75, 3.05) is 39.5 Å². The molecule has 13 heteroatoms. The quantitative estimate of drug-likeness (QED) is 0.228. The first-order chi connectivity index (χ1) is 22.2. The van der Waals surface area contributed by atoms with Crippen molar-refractivity contribution in [1.82, 2.24) is 20.9 Å². The van der Waals surface area contributed by atoms with E-state index in [0.29, 0.717) is 36.7 Å². The van der Waals surface area contributed by atoms with Gasteiger partial charge in [0.2, 0.25) is 5.91 Å². The van der Waals surface area contributed by atoms with Crippen LogP contribution in [0.4, 0.5) is 13.6 Å². The Labute approximate surface area is 275 Å². The topological polar surface area (TPSA) is 138 Å². The number of carbonyl (C=O) groups is 3. The first-order valence-corrected chi connectivity index (χ1v) is 15.9. The molecular weight excluding hydrogens is 614 g/mol. The lowest BCUT2D eigenvalue weighted by atomic mass is 9.95. The van der Waals surface area contributed by atoms with Crippen molar-refractivity contribution in [3.05, 3.63) is 65.7 Å². The average Bonchev–Trinajstić information content (AvgIpc) is 3.02. The monoisotopic (exact) mass is 662 g/mol. The maximum absolute atomic E-state index is 15.5. The second-order valence-electron chi connectivity index (χ2n) is 12.9. The van der Waals surface area contributed by atoms with E-state index in [2.05, 4.69) is 20.9 Å². The van der Waals surface area contributed by atoms with Crippen LogP contribution >= 0.6 is 0 Å². The van der Waals surface area contributed by atoms with E-state index in [1.165, 1.54) is 0 Å². The molecule has 0 aromatic heterocycles. The number of aliphatic hydroxyl groups is 1. The van der Waals surface area contributed by atoms with E-state index in [-0.39, 0.29) is 13.0 Å². The number of nitrogens with zero attached hydrogens (tertiary/aromatic N) is 1. The summed E-state index contributed by atoms with van der Waals surface area (Å²) in [6.45, 7) is 12.3. The fourth-order valence-corrected chi connectivity index (χ4v) is 4.86. The lowest BCUT2D eigenvalue weighted by Gasteiger charge is -2.32. The number of alkyl carbamates (subject to hydrolysis) is 1. The molecule has 0 saturated carbocycles. The molecule has 4 N–H and O–H groups in total. The molecule has 47 heavy (non-hydrogen) atoms. The summed E-state index contributed by atoms with van der Waals surface area (Å²) in [5, 5.41) is 18.1. The summed E-state index contributed by atoms with van der Waals surface area (Å²) in [4.78, 5) is 40.8. The SMILES string of the molecule is CC(C)[C@H](NC(=O)OC(C)(C)C)C(=O)NC(Cc1ccc(OCCN2CCOCC2)cc1)C(O)C(F)(F)C(=O)NCc1ccccc1. The van der Waals surface area contributed by atoms with Gasteiger partial charge in [-0.15, -0.1) is 0 Å². The Hall–Kier alpha value is -3.81. The molecule has 1 heterocycles. The number of carbonyl (C=O) groups excluding carboxylic acids is 3. The van der Waals surface area contributed by atoms with Crippen LogP contribution in [0.2, 0.25) is 0 Å². The highest BCUT2D eigenvalue weighted by Gasteiger charge is 2.50. The summed E-state index contributed by atoms with van der Waals surface area (Å²) in [5.74, 6) is -6.69. The van der Waals surface area contributed by atoms with Crippen LogP contribution in [0.3, 0.4) is 0 Å². The standard InChI is InChI=1S/C34H48F2N4O7/c1-23(2)28(39-32(44)47-33(3,4)5)30(42)38-27(29(41)34(35,36)31(43)37-22-25-9-7-6-8-10-25)21-24-11-13-26(14-12-24)46-20-17-40-15-18-45-19-16-40/h6-14,23,27-29,41H,15-22H2,1-5H3,(H,37,43)(H,38,42)(H,39,44)/t27?,28-,29?/m0/s1. The summed E-state index contributed by atoms with van der Waals surface area (Å²) in [6, 6.07) is 12.3. The third-order valence-electron chi connectivity index (χ3n) is 7.46. The van der Waals surface area contributed by atoms with E-state index in [4.69, 9.17) is 14.2 Å². The summed E-state index contributed by atoms with van der Waals surface area (Å²) in [6.07, 6.45) is -3.72. The number of alkyl halides is 2. The largest absolute Gasteiger partial charge is 0.492 e. The molecule has 3 amide bonds. The van der Waals surface area contributed by atoms with Crippen molar-refractivity contribution in [1.29, 1.82) is 0 Å². The zero-order valence-corrected chi connectivity index (χ0v) is 27.8. The number of amides is 3. The Morgan fingerprint density at radius 1 is 0.957 bits per heavy atom. The minimum atomic E-state index is -4.28. The molecule has 2 unspecified atom stereocenters. The zero-order chi connectivity index (χ0) is 34.6. The maximum Gasteiger partial charge on any atom is 0.408 e. The van der Waals surface area contributed by atoms with E-state index in [9.17, 15) is 19.5 Å². The van der Waals surface area contributed by atoms with Gasteiger partial charge in [0.15, 0.2) is 0 Å². The molecule has 0 bridgehead atoms. The van der Waals surface area contributed by atoms with E-state index in [1.54, 1.807) is 89.2 Å². The van der Waals surface area contributed by atoms with Gasteiger partial charge in [0.1, 0.15) is 30.1 Å². The van der Waals surface area contributed by atoms with Gasteiger partial charge in [-0.1, -0.05) is 56.3 Å². The van der Waals surface area contributed by atoms with Crippen LogP contribution in [-0.4, -0.2) is 97.1 Å². The Balaban J connectivity index is 1.75. The number of benzene rings is 2. The van der Waals surface area contributed by atoms with Crippen molar-refractivity contribution in [3.8, 4) is 5.75 Å². The first-order valence-electron chi connectivity index (χ1n) is 15.9. The minimum Gasteiger partial charge on any atom is -0.492 e. The van der Waals surface area contributed by atoms with Gasteiger partial charge < -0.3 is 35.3 Å². The summed E-state index contributed by atoms with van der Waals surface area (Å²) < 4.78 is 47.4. The highest BCUT2D eigenvalue weighted by molar-refractivity contribution is 5.87. The Morgan fingerprint density at radius 3 is 2.19 bits per heavy atom. The Morgan fingerprint density at radius 2 is 1.60 bits per heavy atom. The van der Waals surface area contributed by atoms with E-state index in [0.717, 1.165) is 19.6 Å². The van der Waals surface area contributed by atoms with Crippen molar-refractivity contribution in [3.63, 3.8) is 0 Å². The number of aliphatic hydroxyl groups excluding tert-OH is 1. The van der Waals surface area contributed by atoms with Gasteiger partial charge in [-0.05, 0) is 56.4 Å². The number of ether oxygens (including phenoxy) is 3. The molecule has 1 aliphatic rings. The normalized spacial score (nSPS) is 16.1. The number of hydrogen-bond acceptors (Lipinski definition) is 8. The Bertz CT molecular complexity index is 1280. The van der Waals surface area contributed by atoms with Crippen molar-refractivity contribution in [2.24, 2.45) is 5.92 Å².